The van der Waals surface area contributed by atoms with Crippen LogP contribution in [0.3, 0.4) is 0 Å². The fourth-order valence-electron chi connectivity index (χ4n) is 1.56. The number of carboxylic acid groups (broad SMARTS) is 1. The number of amides is 1. The molecule has 0 bridgehead atoms. The lowest BCUT2D eigenvalue weighted by molar-refractivity contribution is -0.387. The molecule has 1 amide bonds. The van der Waals surface area contributed by atoms with Crippen LogP contribution in [-0.2, 0) is 4.79 Å². The Morgan fingerprint density at radius 2 is 2.00 bits per heavy atom. The van der Waals surface area contributed by atoms with Gasteiger partial charge < -0.3 is 10.4 Å². The third kappa shape index (κ3) is 4.48. The van der Waals surface area contributed by atoms with Gasteiger partial charge in [0.15, 0.2) is 0 Å². The summed E-state index contributed by atoms with van der Waals surface area (Å²) in [6.07, 6.45) is -0.0866. The summed E-state index contributed by atoms with van der Waals surface area (Å²) in [6, 6.07) is 0.185. The Morgan fingerprint density at radius 3 is 2.52 bits per heavy atom. The van der Waals surface area contributed by atoms with Crippen LogP contribution in [0.2, 0.25) is 0 Å². The van der Waals surface area contributed by atoms with Crippen LogP contribution >= 0.6 is 0 Å². The van der Waals surface area contributed by atoms with Crippen LogP contribution in [0.25, 0.3) is 0 Å². The highest BCUT2D eigenvalue weighted by atomic mass is 19.1. The maximum Gasteiger partial charge on any atom is 0.307 e. The molecular formula is C12H12F2N2O5. The Kier molecular flexibility index (Phi) is 5.28. The first kappa shape index (κ1) is 16.5. The fourth-order valence-corrected chi connectivity index (χ4v) is 1.56. The van der Waals surface area contributed by atoms with E-state index in [1.165, 1.54) is 6.92 Å². The second-order valence-corrected chi connectivity index (χ2v) is 4.35. The Bertz CT molecular complexity index is 591. The van der Waals surface area contributed by atoms with Crippen molar-refractivity contribution in [1.82, 2.24) is 5.32 Å². The molecule has 0 fully saturated rings. The molecule has 0 heterocycles. The van der Waals surface area contributed by atoms with Crippen LogP contribution in [0, 0.1) is 21.7 Å². The standard InChI is InChI=1S/C12H12F2N2O5/c1-6(2-3-11(17)18)15-12(19)7-4-9(14)10(16(20)21)5-8(7)13/h4-6H,2-3H2,1H3,(H,15,19)(H,17,18). The molecule has 2 N–H and O–H groups in total. The molecule has 1 unspecified atom stereocenters. The smallest absolute Gasteiger partial charge is 0.307 e. The van der Waals surface area contributed by atoms with Crippen molar-refractivity contribution in [2.45, 2.75) is 25.8 Å². The summed E-state index contributed by atoms with van der Waals surface area (Å²) in [4.78, 5) is 31.4. The minimum atomic E-state index is -1.33. The number of nitrogens with one attached hydrogen (secondary N) is 1. The van der Waals surface area contributed by atoms with E-state index in [1.807, 2.05) is 0 Å². The van der Waals surface area contributed by atoms with Gasteiger partial charge in [-0.25, -0.2) is 4.39 Å². The van der Waals surface area contributed by atoms with Crippen molar-refractivity contribution in [3.8, 4) is 0 Å². The van der Waals surface area contributed by atoms with E-state index in [2.05, 4.69) is 5.32 Å². The first-order valence-corrected chi connectivity index (χ1v) is 5.88. The third-order valence-electron chi connectivity index (χ3n) is 2.65. The second-order valence-electron chi connectivity index (χ2n) is 4.35. The van der Waals surface area contributed by atoms with Crippen molar-refractivity contribution in [2.24, 2.45) is 0 Å². The highest BCUT2D eigenvalue weighted by Gasteiger charge is 2.22. The van der Waals surface area contributed by atoms with Crippen molar-refractivity contribution in [3.63, 3.8) is 0 Å². The molecule has 21 heavy (non-hydrogen) atoms. The maximum absolute atomic E-state index is 13.6. The molecule has 114 valence electrons. The van der Waals surface area contributed by atoms with Crippen LogP contribution in [0.5, 0.6) is 0 Å². The fraction of sp³-hybridized carbons (Fsp3) is 0.333. The van der Waals surface area contributed by atoms with E-state index in [9.17, 15) is 28.5 Å². The minimum absolute atomic E-state index is 0.109. The van der Waals surface area contributed by atoms with Crippen LogP contribution < -0.4 is 5.32 Å². The van der Waals surface area contributed by atoms with Gasteiger partial charge >= 0.3 is 11.7 Å². The van der Waals surface area contributed by atoms with E-state index in [-0.39, 0.29) is 12.8 Å². The molecule has 1 rings (SSSR count). The number of benzene rings is 1. The van der Waals surface area contributed by atoms with E-state index in [0.717, 1.165) is 0 Å². The number of nitro groups is 1. The van der Waals surface area contributed by atoms with E-state index in [0.29, 0.717) is 12.1 Å². The average Bonchev–Trinajstić information content (AvgIpc) is 2.38. The number of hydrogen-bond acceptors (Lipinski definition) is 4. The second kappa shape index (κ2) is 6.73. The summed E-state index contributed by atoms with van der Waals surface area (Å²) in [7, 11) is 0. The van der Waals surface area contributed by atoms with Gasteiger partial charge in [0.25, 0.3) is 5.91 Å². The maximum atomic E-state index is 13.6. The Balaban J connectivity index is 2.86. The zero-order chi connectivity index (χ0) is 16.2. The lowest BCUT2D eigenvalue weighted by Crippen LogP contribution is -2.33. The normalized spacial score (nSPS) is 11.8. The molecular weight excluding hydrogens is 290 g/mol. The molecule has 0 spiro atoms. The molecule has 0 aliphatic rings. The van der Waals surface area contributed by atoms with Crippen LogP contribution in [0.15, 0.2) is 12.1 Å². The number of halogens is 2. The van der Waals surface area contributed by atoms with Gasteiger partial charge in [-0.05, 0) is 19.4 Å². The Labute approximate surface area is 117 Å². The minimum Gasteiger partial charge on any atom is -0.481 e. The number of aliphatic carboxylic acids is 1. The van der Waals surface area contributed by atoms with E-state index < -0.39 is 45.7 Å². The van der Waals surface area contributed by atoms with Crippen LogP contribution in [0.1, 0.15) is 30.1 Å². The lowest BCUT2D eigenvalue weighted by Gasteiger charge is -2.13. The van der Waals surface area contributed by atoms with E-state index in [4.69, 9.17) is 5.11 Å². The molecule has 0 aliphatic carbocycles. The van der Waals surface area contributed by atoms with Crippen LogP contribution in [0.4, 0.5) is 14.5 Å². The number of hydrogen-bond donors (Lipinski definition) is 2. The van der Waals surface area contributed by atoms with E-state index in [1.54, 1.807) is 0 Å². The van der Waals surface area contributed by atoms with Gasteiger partial charge in [0.05, 0.1) is 16.6 Å². The summed E-state index contributed by atoms with van der Waals surface area (Å²) in [5.74, 6) is -4.58. The molecule has 7 nitrogen and oxygen atoms in total. The number of rotatable bonds is 6. The molecule has 9 heteroatoms. The van der Waals surface area contributed by atoms with E-state index >= 15 is 0 Å². The van der Waals surface area contributed by atoms with Crippen molar-refractivity contribution in [1.29, 1.82) is 0 Å². The Hall–Kier alpha value is -2.58. The molecule has 0 radical (unpaired) electrons. The zero-order valence-corrected chi connectivity index (χ0v) is 10.9. The summed E-state index contributed by atoms with van der Waals surface area (Å²) in [6.45, 7) is 1.50. The monoisotopic (exact) mass is 302 g/mol. The number of nitrogens with zero attached hydrogens (tertiary/aromatic N) is 1. The van der Waals surface area contributed by atoms with Crippen molar-refractivity contribution >= 4 is 17.6 Å². The lowest BCUT2D eigenvalue weighted by atomic mass is 10.1. The number of carbonyl (C=O) groups excluding carboxylic acids is 1. The molecule has 1 aromatic rings. The van der Waals surface area contributed by atoms with Gasteiger partial charge in [-0.3, -0.25) is 19.7 Å². The van der Waals surface area contributed by atoms with Crippen molar-refractivity contribution in [2.75, 3.05) is 0 Å². The molecule has 0 saturated carbocycles. The van der Waals surface area contributed by atoms with Gasteiger partial charge in [-0.1, -0.05) is 0 Å². The van der Waals surface area contributed by atoms with Gasteiger partial charge in [-0.15, -0.1) is 0 Å². The number of carboxylic acids is 1. The summed E-state index contributed by atoms with van der Waals surface area (Å²) < 4.78 is 26.9. The largest absolute Gasteiger partial charge is 0.481 e. The van der Waals surface area contributed by atoms with Gasteiger partial charge in [-0.2, -0.15) is 4.39 Å². The summed E-state index contributed by atoms with van der Waals surface area (Å²) in [5.41, 5.74) is -1.75. The Morgan fingerprint density at radius 1 is 1.38 bits per heavy atom. The predicted molar refractivity (Wildman–Crippen MR) is 66.8 cm³/mol. The number of carbonyl (C=O) groups is 2. The summed E-state index contributed by atoms with van der Waals surface area (Å²) >= 11 is 0. The molecule has 1 atom stereocenters. The van der Waals surface area contributed by atoms with Gasteiger partial charge in [0, 0.05) is 12.5 Å². The summed E-state index contributed by atoms with van der Waals surface area (Å²) in [5, 5.41) is 21.2. The van der Waals surface area contributed by atoms with Crippen molar-refractivity contribution < 1.29 is 28.4 Å². The average molecular weight is 302 g/mol. The third-order valence-corrected chi connectivity index (χ3v) is 2.65. The zero-order valence-electron chi connectivity index (χ0n) is 10.9. The molecule has 0 aliphatic heterocycles. The first-order valence-electron chi connectivity index (χ1n) is 5.88. The topological polar surface area (TPSA) is 110 Å². The highest BCUT2D eigenvalue weighted by Crippen LogP contribution is 2.21. The highest BCUT2D eigenvalue weighted by molar-refractivity contribution is 5.95. The quantitative estimate of drug-likeness (QED) is 0.615. The predicted octanol–water partition coefficient (Wildman–Crippen LogP) is 1.86. The molecule has 0 saturated heterocycles. The SMILES string of the molecule is CC(CCC(=O)O)NC(=O)c1cc(F)c([N+](=O)[O-])cc1F. The van der Waals surface area contributed by atoms with Crippen LogP contribution in [-0.4, -0.2) is 27.9 Å². The molecule has 0 aromatic heterocycles. The van der Waals surface area contributed by atoms with Crippen molar-refractivity contribution in [3.05, 3.63) is 39.4 Å². The number of nitro benzene ring substituents is 1. The molecule has 1 aromatic carbocycles. The first-order chi connectivity index (χ1) is 9.72. The van der Waals surface area contributed by atoms with Gasteiger partial charge in [0.1, 0.15) is 5.82 Å². The van der Waals surface area contributed by atoms with Gasteiger partial charge in [0.2, 0.25) is 5.82 Å².